The third-order valence-electron chi connectivity index (χ3n) is 3.05. The van der Waals surface area contributed by atoms with Crippen LogP contribution in [-0.4, -0.2) is 31.1 Å². The molecule has 5 heteroatoms. The van der Waals surface area contributed by atoms with Gasteiger partial charge in [-0.3, -0.25) is 0 Å². The zero-order valence-electron chi connectivity index (χ0n) is 11.0. The summed E-state index contributed by atoms with van der Waals surface area (Å²) in [6.45, 7) is 4.97. The molecule has 2 rings (SSSR count). The van der Waals surface area contributed by atoms with Gasteiger partial charge in [-0.25, -0.2) is 0 Å². The average Bonchev–Trinajstić information content (AvgIpc) is 2.87. The van der Waals surface area contributed by atoms with E-state index in [2.05, 4.69) is 12.2 Å². The van der Waals surface area contributed by atoms with Gasteiger partial charge in [-0.05, 0) is 31.0 Å². The summed E-state index contributed by atoms with van der Waals surface area (Å²) < 4.78 is 5.58. The monoisotopic (exact) mass is 319 g/mol. The first-order chi connectivity index (χ1) is 9.15. The lowest BCUT2D eigenvalue weighted by atomic mass is 10.2. The van der Waals surface area contributed by atoms with Crippen LogP contribution in [0.25, 0.3) is 0 Å². The zero-order chi connectivity index (χ0) is 13.7. The quantitative estimate of drug-likeness (QED) is 0.792. The Hall–Kier alpha value is 0.0700. The first-order valence-corrected chi connectivity index (χ1v) is 8.22. The second kappa shape index (κ2) is 7.75. The van der Waals surface area contributed by atoms with E-state index in [1.807, 2.05) is 18.2 Å². The predicted molar refractivity (Wildman–Crippen MR) is 83.6 cm³/mol. The second-order valence-corrected chi connectivity index (χ2v) is 7.12. The van der Waals surface area contributed by atoms with Gasteiger partial charge >= 0.3 is 0 Å². The van der Waals surface area contributed by atoms with Crippen LogP contribution >= 0.6 is 35.0 Å². The summed E-state index contributed by atoms with van der Waals surface area (Å²) in [6.07, 6.45) is 2.76. The fourth-order valence-electron chi connectivity index (χ4n) is 2.08. The molecule has 0 spiro atoms. The molecule has 1 heterocycles. The van der Waals surface area contributed by atoms with Gasteiger partial charge in [0.15, 0.2) is 0 Å². The molecular weight excluding hydrogens is 301 g/mol. The van der Waals surface area contributed by atoms with Gasteiger partial charge in [-0.15, -0.1) is 11.8 Å². The lowest BCUT2D eigenvalue weighted by Gasteiger charge is -2.15. The van der Waals surface area contributed by atoms with E-state index in [9.17, 15) is 0 Å². The van der Waals surface area contributed by atoms with Crippen molar-refractivity contribution < 1.29 is 4.74 Å². The van der Waals surface area contributed by atoms with Crippen molar-refractivity contribution in [3.8, 4) is 0 Å². The first-order valence-electron chi connectivity index (χ1n) is 6.59. The van der Waals surface area contributed by atoms with Gasteiger partial charge < -0.3 is 10.1 Å². The van der Waals surface area contributed by atoms with Crippen molar-refractivity contribution in [2.45, 2.75) is 36.0 Å². The molecule has 2 unspecified atom stereocenters. The summed E-state index contributed by atoms with van der Waals surface area (Å²) in [5.41, 5.74) is 0. The van der Waals surface area contributed by atoms with E-state index in [0.29, 0.717) is 11.4 Å². The molecule has 2 atom stereocenters. The molecular formula is C14H19Cl2NOS. The van der Waals surface area contributed by atoms with E-state index in [0.717, 1.165) is 34.6 Å². The highest BCUT2D eigenvalue weighted by Gasteiger charge is 2.15. The third-order valence-corrected chi connectivity index (χ3v) is 4.89. The molecule has 0 aromatic heterocycles. The van der Waals surface area contributed by atoms with E-state index in [1.54, 1.807) is 11.8 Å². The van der Waals surface area contributed by atoms with Crippen LogP contribution in [0.3, 0.4) is 0 Å². The normalized spacial score (nSPS) is 20.7. The van der Waals surface area contributed by atoms with E-state index in [-0.39, 0.29) is 0 Å². The lowest BCUT2D eigenvalue weighted by Crippen LogP contribution is -2.30. The summed E-state index contributed by atoms with van der Waals surface area (Å²) in [7, 11) is 0. The second-order valence-electron chi connectivity index (χ2n) is 4.80. The van der Waals surface area contributed by atoms with Crippen molar-refractivity contribution in [2.24, 2.45) is 0 Å². The van der Waals surface area contributed by atoms with Gasteiger partial charge in [-0.1, -0.05) is 30.1 Å². The Morgan fingerprint density at radius 2 is 2.32 bits per heavy atom. The lowest BCUT2D eigenvalue weighted by molar-refractivity contribution is 0.110. The van der Waals surface area contributed by atoms with Crippen LogP contribution in [0.4, 0.5) is 0 Å². The summed E-state index contributed by atoms with van der Waals surface area (Å²) in [5, 5.41) is 5.39. The molecule has 0 aliphatic carbocycles. The van der Waals surface area contributed by atoms with Gasteiger partial charge in [0.2, 0.25) is 0 Å². The van der Waals surface area contributed by atoms with Crippen molar-refractivity contribution in [2.75, 3.05) is 19.7 Å². The van der Waals surface area contributed by atoms with Gasteiger partial charge in [0, 0.05) is 34.9 Å². The molecule has 0 radical (unpaired) electrons. The van der Waals surface area contributed by atoms with Crippen molar-refractivity contribution in [3.63, 3.8) is 0 Å². The van der Waals surface area contributed by atoms with Gasteiger partial charge in [0.05, 0.1) is 11.1 Å². The smallest absolute Gasteiger partial charge is 0.0700 e. The highest BCUT2D eigenvalue weighted by Crippen LogP contribution is 2.32. The largest absolute Gasteiger partial charge is 0.377 e. The number of hydrogen-bond donors (Lipinski definition) is 1. The van der Waals surface area contributed by atoms with Crippen LogP contribution in [0.1, 0.15) is 19.8 Å². The van der Waals surface area contributed by atoms with Crippen LogP contribution in [0.15, 0.2) is 23.1 Å². The standard InChI is InChI=1S/C14H19Cl2NOS/c1-10(8-17-9-12-3-2-6-18-12)19-14-7-11(15)4-5-13(14)16/h4-5,7,10,12,17H,2-3,6,8-9H2,1H3. The Bertz CT molecular complexity index is 410. The maximum Gasteiger partial charge on any atom is 0.0700 e. The molecule has 19 heavy (non-hydrogen) atoms. The Morgan fingerprint density at radius 3 is 3.05 bits per heavy atom. The number of benzene rings is 1. The van der Waals surface area contributed by atoms with E-state index < -0.39 is 0 Å². The SMILES string of the molecule is CC(CNCC1CCCO1)Sc1cc(Cl)ccc1Cl. The molecule has 106 valence electrons. The van der Waals surface area contributed by atoms with Crippen molar-refractivity contribution in [1.29, 1.82) is 0 Å². The molecule has 0 bridgehead atoms. The Balaban J connectivity index is 1.73. The van der Waals surface area contributed by atoms with E-state index in [1.165, 1.54) is 12.8 Å². The molecule has 1 aromatic carbocycles. The number of ether oxygens (including phenoxy) is 1. The summed E-state index contributed by atoms with van der Waals surface area (Å²) in [5.74, 6) is 0. The maximum absolute atomic E-state index is 6.16. The number of halogens is 2. The average molecular weight is 320 g/mol. The molecule has 1 fully saturated rings. The minimum Gasteiger partial charge on any atom is -0.377 e. The van der Waals surface area contributed by atoms with Crippen LogP contribution < -0.4 is 5.32 Å². The Labute approximate surface area is 129 Å². The topological polar surface area (TPSA) is 21.3 Å². The van der Waals surface area contributed by atoms with Crippen LogP contribution in [0.2, 0.25) is 10.0 Å². The number of nitrogens with one attached hydrogen (secondary N) is 1. The van der Waals surface area contributed by atoms with Crippen molar-refractivity contribution >= 4 is 35.0 Å². The van der Waals surface area contributed by atoms with Crippen molar-refractivity contribution in [1.82, 2.24) is 5.32 Å². The number of hydrogen-bond acceptors (Lipinski definition) is 3. The fourth-order valence-corrected chi connectivity index (χ4v) is 3.58. The minimum atomic E-state index is 0.395. The number of rotatable bonds is 6. The van der Waals surface area contributed by atoms with Crippen LogP contribution in [-0.2, 0) is 4.74 Å². The molecule has 0 amide bonds. The summed E-state index contributed by atoms with van der Waals surface area (Å²) in [6, 6.07) is 5.58. The van der Waals surface area contributed by atoms with Crippen LogP contribution in [0.5, 0.6) is 0 Å². The molecule has 1 saturated heterocycles. The molecule has 1 aliphatic rings. The third kappa shape index (κ3) is 5.16. The molecule has 1 N–H and O–H groups in total. The summed E-state index contributed by atoms with van der Waals surface area (Å²) in [4.78, 5) is 1.04. The van der Waals surface area contributed by atoms with Gasteiger partial charge in [0.1, 0.15) is 0 Å². The molecule has 2 nitrogen and oxygen atoms in total. The van der Waals surface area contributed by atoms with Crippen molar-refractivity contribution in [3.05, 3.63) is 28.2 Å². The van der Waals surface area contributed by atoms with Crippen LogP contribution in [0, 0.1) is 0 Å². The molecule has 1 aliphatic heterocycles. The first kappa shape index (κ1) is 15.5. The van der Waals surface area contributed by atoms with Gasteiger partial charge in [-0.2, -0.15) is 0 Å². The zero-order valence-corrected chi connectivity index (χ0v) is 13.3. The predicted octanol–water partition coefficient (Wildman–Crippen LogP) is 4.24. The van der Waals surface area contributed by atoms with E-state index in [4.69, 9.17) is 27.9 Å². The maximum atomic E-state index is 6.16. The highest BCUT2D eigenvalue weighted by atomic mass is 35.5. The Morgan fingerprint density at radius 1 is 1.47 bits per heavy atom. The minimum absolute atomic E-state index is 0.395. The van der Waals surface area contributed by atoms with E-state index >= 15 is 0 Å². The highest BCUT2D eigenvalue weighted by molar-refractivity contribution is 8.00. The number of thioether (sulfide) groups is 1. The molecule has 0 saturated carbocycles. The summed E-state index contributed by atoms with van der Waals surface area (Å²) >= 11 is 13.9. The van der Waals surface area contributed by atoms with Gasteiger partial charge in [0.25, 0.3) is 0 Å². The Kier molecular flexibility index (Phi) is 6.30. The fraction of sp³-hybridized carbons (Fsp3) is 0.571. The molecule has 1 aromatic rings.